The van der Waals surface area contributed by atoms with Gasteiger partial charge in [0.05, 0.1) is 0 Å². The molecule has 0 radical (unpaired) electrons. The number of allylic oxidation sites excluding steroid dienone is 1. The van der Waals surface area contributed by atoms with Gasteiger partial charge in [-0.1, -0.05) is 51.2 Å². The number of imidazole rings is 1. The van der Waals surface area contributed by atoms with Crippen LogP contribution >= 0.6 is 0 Å². The number of rotatable bonds is 7. The fourth-order valence-electron chi connectivity index (χ4n) is 5.28. The molecule has 7 nitrogen and oxygen atoms in total. The Hall–Kier alpha value is -3.48. The van der Waals surface area contributed by atoms with Gasteiger partial charge in [-0.3, -0.25) is 9.36 Å². The molecule has 35 heavy (non-hydrogen) atoms. The topological polar surface area (TPSA) is 98.2 Å². The lowest BCUT2D eigenvalue weighted by molar-refractivity contribution is -0.121. The van der Waals surface area contributed by atoms with E-state index in [1.165, 1.54) is 32.1 Å². The lowest BCUT2D eigenvalue weighted by Gasteiger charge is -2.21. The molecule has 1 aliphatic carbocycles. The van der Waals surface area contributed by atoms with Gasteiger partial charge in [0.2, 0.25) is 5.91 Å². The highest BCUT2D eigenvalue weighted by molar-refractivity contribution is 5.82. The second-order valence-electron chi connectivity index (χ2n) is 9.85. The molecule has 0 bridgehead atoms. The largest absolute Gasteiger partial charge is 0.383 e. The number of aromatic nitrogens is 3. The average molecular weight is 471 g/mol. The number of fused-ring (bicyclic) bond motifs is 1. The Bertz CT molecular complexity index is 1250. The standard InChI is InChI=1S/C28H34N6O/c1-19-15-17-30-26(29)25(19)28-33-23-8-5-16-31-27(23)34(28)22-12-9-21(10-13-22)18-32-24(35)14-11-20-6-3-2-4-7-20/h5,8-10,12-13,16-17,19-20H,2-4,6-7,11,14-15,18,29H2,1H3,(H,32,35). The van der Waals surface area contributed by atoms with Gasteiger partial charge < -0.3 is 11.1 Å². The Balaban J connectivity index is 1.33. The van der Waals surface area contributed by atoms with Crippen molar-refractivity contribution in [3.63, 3.8) is 0 Å². The molecule has 1 aliphatic heterocycles. The lowest BCUT2D eigenvalue weighted by atomic mass is 9.86. The van der Waals surface area contributed by atoms with Crippen molar-refractivity contribution in [2.24, 2.45) is 22.6 Å². The SMILES string of the molecule is CC1CC=NC(N)=C1c1nc2cccnc2n1-c1ccc(CNC(=O)CCC2CCCCC2)cc1. The maximum atomic E-state index is 12.4. The van der Waals surface area contributed by atoms with Crippen LogP contribution in [0.5, 0.6) is 0 Å². The number of hydrogen-bond acceptors (Lipinski definition) is 5. The van der Waals surface area contributed by atoms with E-state index in [1.54, 1.807) is 6.20 Å². The second-order valence-corrected chi connectivity index (χ2v) is 9.85. The van der Waals surface area contributed by atoms with Crippen LogP contribution in [0.4, 0.5) is 0 Å². The zero-order valence-corrected chi connectivity index (χ0v) is 20.4. The van der Waals surface area contributed by atoms with Crippen molar-refractivity contribution in [2.75, 3.05) is 0 Å². The number of nitrogens with one attached hydrogen (secondary N) is 1. The average Bonchev–Trinajstić information content (AvgIpc) is 3.26. The molecule has 182 valence electrons. The quantitative estimate of drug-likeness (QED) is 0.500. The normalized spacial score (nSPS) is 18.8. The minimum Gasteiger partial charge on any atom is -0.383 e. The van der Waals surface area contributed by atoms with Crippen molar-refractivity contribution in [2.45, 2.75) is 64.8 Å². The van der Waals surface area contributed by atoms with Gasteiger partial charge in [-0.2, -0.15) is 0 Å². The van der Waals surface area contributed by atoms with Crippen molar-refractivity contribution in [1.29, 1.82) is 0 Å². The van der Waals surface area contributed by atoms with E-state index in [0.717, 1.165) is 52.6 Å². The molecule has 1 fully saturated rings. The summed E-state index contributed by atoms with van der Waals surface area (Å²) in [6, 6.07) is 12.1. The molecule has 1 unspecified atom stereocenters. The maximum Gasteiger partial charge on any atom is 0.220 e. The molecule has 3 heterocycles. The summed E-state index contributed by atoms with van der Waals surface area (Å²) in [4.78, 5) is 26.2. The Morgan fingerprint density at radius 1 is 1.14 bits per heavy atom. The first-order valence-corrected chi connectivity index (χ1v) is 12.8. The van der Waals surface area contributed by atoms with Gasteiger partial charge in [0.1, 0.15) is 17.2 Å². The van der Waals surface area contributed by atoms with E-state index in [2.05, 4.69) is 51.0 Å². The van der Waals surface area contributed by atoms with Gasteiger partial charge in [-0.05, 0) is 54.5 Å². The summed E-state index contributed by atoms with van der Waals surface area (Å²) < 4.78 is 2.06. The van der Waals surface area contributed by atoms with Crippen molar-refractivity contribution in [1.82, 2.24) is 19.9 Å². The fraction of sp³-hybridized carbons (Fsp3) is 0.429. The second kappa shape index (κ2) is 10.4. The van der Waals surface area contributed by atoms with Crippen LogP contribution < -0.4 is 11.1 Å². The van der Waals surface area contributed by atoms with Gasteiger partial charge in [-0.25, -0.2) is 15.0 Å². The number of nitrogens with two attached hydrogens (primary N) is 1. The first kappa shape index (κ1) is 23.3. The molecule has 1 atom stereocenters. The highest BCUT2D eigenvalue weighted by atomic mass is 16.1. The summed E-state index contributed by atoms with van der Waals surface area (Å²) in [5.74, 6) is 2.37. The van der Waals surface area contributed by atoms with E-state index in [-0.39, 0.29) is 11.8 Å². The molecule has 0 spiro atoms. The van der Waals surface area contributed by atoms with Crippen LogP contribution in [0.15, 0.2) is 53.4 Å². The lowest BCUT2D eigenvalue weighted by Crippen LogP contribution is -2.23. The van der Waals surface area contributed by atoms with Gasteiger partial charge in [0.15, 0.2) is 5.65 Å². The van der Waals surface area contributed by atoms with Gasteiger partial charge in [-0.15, -0.1) is 0 Å². The zero-order valence-electron chi connectivity index (χ0n) is 20.4. The molecule has 1 amide bonds. The van der Waals surface area contributed by atoms with Crippen molar-refractivity contribution in [3.05, 3.63) is 59.8 Å². The van der Waals surface area contributed by atoms with Crippen LogP contribution in [0, 0.1) is 11.8 Å². The Labute approximate surface area is 206 Å². The van der Waals surface area contributed by atoms with Crippen LogP contribution in [0.25, 0.3) is 22.4 Å². The Morgan fingerprint density at radius 2 is 1.94 bits per heavy atom. The molecular weight excluding hydrogens is 436 g/mol. The molecule has 2 aliphatic rings. The van der Waals surface area contributed by atoms with Gasteiger partial charge in [0.25, 0.3) is 0 Å². The number of carbonyl (C=O) groups excluding carboxylic acids is 1. The van der Waals surface area contributed by atoms with Crippen molar-refractivity contribution < 1.29 is 4.79 Å². The molecule has 1 aromatic carbocycles. The zero-order chi connectivity index (χ0) is 24.2. The molecule has 5 rings (SSSR count). The fourth-order valence-corrected chi connectivity index (χ4v) is 5.28. The van der Waals surface area contributed by atoms with E-state index >= 15 is 0 Å². The number of carbonyl (C=O) groups is 1. The van der Waals surface area contributed by atoms with Crippen molar-refractivity contribution in [3.8, 4) is 5.69 Å². The van der Waals surface area contributed by atoms with Crippen LogP contribution in [0.3, 0.4) is 0 Å². The van der Waals surface area contributed by atoms with E-state index in [4.69, 9.17) is 10.7 Å². The number of aliphatic imine (C=N–C) groups is 1. The summed E-state index contributed by atoms with van der Waals surface area (Å²) in [5.41, 5.74) is 10.9. The third-order valence-electron chi connectivity index (χ3n) is 7.30. The van der Waals surface area contributed by atoms with E-state index in [9.17, 15) is 4.79 Å². The maximum absolute atomic E-state index is 12.4. The summed E-state index contributed by atoms with van der Waals surface area (Å²) in [6.45, 7) is 2.67. The monoisotopic (exact) mass is 470 g/mol. The smallest absolute Gasteiger partial charge is 0.220 e. The number of amides is 1. The molecule has 1 saturated carbocycles. The Morgan fingerprint density at radius 3 is 2.71 bits per heavy atom. The number of benzene rings is 1. The molecule has 2 aromatic heterocycles. The van der Waals surface area contributed by atoms with Crippen LogP contribution in [-0.2, 0) is 11.3 Å². The third-order valence-corrected chi connectivity index (χ3v) is 7.30. The van der Waals surface area contributed by atoms with Gasteiger partial charge >= 0.3 is 0 Å². The first-order chi connectivity index (χ1) is 17.1. The van der Waals surface area contributed by atoms with E-state index in [1.807, 2.05) is 18.3 Å². The van der Waals surface area contributed by atoms with Crippen LogP contribution in [0.1, 0.15) is 69.7 Å². The Kier molecular flexibility index (Phi) is 6.93. The summed E-state index contributed by atoms with van der Waals surface area (Å²) in [5, 5.41) is 3.09. The number of hydrogen-bond donors (Lipinski definition) is 2. The van der Waals surface area contributed by atoms with E-state index < -0.39 is 0 Å². The van der Waals surface area contributed by atoms with Crippen molar-refractivity contribution >= 4 is 28.9 Å². The minimum absolute atomic E-state index is 0.140. The minimum atomic E-state index is 0.140. The summed E-state index contributed by atoms with van der Waals surface area (Å²) in [7, 11) is 0. The van der Waals surface area contributed by atoms with Crippen LogP contribution in [0.2, 0.25) is 0 Å². The molecule has 3 N–H and O–H groups in total. The highest BCUT2D eigenvalue weighted by Gasteiger charge is 2.25. The molecule has 3 aromatic rings. The predicted molar refractivity (Wildman–Crippen MR) is 140 cm³/mol. The molecular formula is C28H34N6O. The summed E-state index contributed by atoms with van der Waals surface area (Å²) >= 11 is 0. The summed E-state index contributed by atoms with van der Waals surface area (Å²) in [6.07, 6.45) is 12.6. The number of nitrogens with zero attached hydrogens (tertiary/aromatic N) is 4. The third kappa shape index (κ3) is 5.14. The predicted octanol–water partition coefficient (Wildman–Crippen LogP) is 5.14. The molecule has 7 heteroatoms. The van der Waals surface area contributed by atoms with Crippen LogP contribution in [-0.4, -0.2) is 26.7 Å². The number of pyridine rings is 1. The highest BCUT2D eigenvalue weighted by Crippen LogP contribution is 2.33. The first-order valence-electron chi connectivity index (χ1n) is 12.8. The van der Waals surface area contributed by atoms with Gasteiger partial charge in [0, 0.05) is 36.6 Å². The van der Waals surface area contributed by atoms with E-state index in [0.29, 0.717) is 18.8 Å². The molecule has 0 saturated heterocycles.